The normalized spacial score (nSPS) is 21.4. The van der Waals surface area contributed by atoms with Gasteiger partial charge in [-0.2, -0.15) is 0 Å². The molecule has 0 aromatic rings. The fourth-order valence-corrected chi connectivity index (χ4v) is 1.40. The van der Waals surface area contributed by atoms with E-state index in [1.807, 2.05) is 13.8 Å². The molecule has 1 unspecified atom stereocenters. The highest BCUT2D eigenvalue weighted by Gasteiger charge is 2.32. The number of carbonyl (C=O) groups is 2. The molecule has 1 atom stereocenters. The van der Waals surface area contributed by atoms with Crippen molar-refractivity contribution in [2.24, 2.45) is 0 Å². The Balaban J connectivity index is 2.18. The van der Waals surface area contributed by atoms with E-state index < -0.39 is 11.8 Å². The summed E-state index contributed by atoms with van der Waals surface area (Å²) in [5.74, 6) is -1.56. The van der Waals surface area contributed by atoms with Crippen molar-refractivity contribution in [3.8, 4) is 0 Å². The van der Waals surface area contributed by atoms with E-state index in [1.165, 1.54) is 6.92 Å². The SMILES string of the molecule is C=C(C)C(=O)OCC(=O)NCC1COC(C)(C)O1. The van der Waals surface area contributed by atoms with Gasteiger partial charge in [0, 0.05) is 12.1 Å². The first-order valence-electron chi connectivity index (χ1n) is 5.71. The van der Waals surface area contributed by atoms with Gasteiger partial charge in [-0.1, -0.05) is 6.58 Å². The molecule has 1 amide bonds. The van der Waals surface area contributed by atoms with Crippen molar-refractivity contribution >= 4 is 11.9 Å². The van der Waals surface area contributed by atoms with E-state index >= 15 is 0 Å². The van der Waals surface area contributed by atoms with Crippen LogP contribution < -0.4 is 5.32 Å². The van der Waals surface area contributed by atoms with Crippen LogP contribution in [0.2, 0.25) is 0 Å². The molecule has 1 heterocycles. The minimum Gasteiger partial charge on any atom is -0.452 e. The van der Waals surface area contributed by atoms with Crippen LogP contribution in [0.4, 0.5) is 0 Å². The van der Waals surface area contributed by atoms with Gasteiger partial charge in [-0.3, -0.25) is 4.79 Å². The first-order chi connectivity index (χ1) is 8.30. The molecular weight excluding hydrogens is 238 g/mol. The molecule has 6 nitrogen and oxygen atoms in total. The van der Waals surface area contributed by atoms with Gasteiger partial charge in [0.25, 0.3) is 5.91 Å². The van der Waals surface area contributed by atoms with E-state index in [0.29, 0.717) is 13.2 Å². The molecule has 18 heavy (non-hydrogen) atoms. The summed E-state index contributed by atoms with van der Waals surface area (Å²) < 4.78 is 15.5. The first-order valence-corrected chi connectivity index (χ1v) is 5.71. The van der Waals surface area contributed by atoms with Crippen LogP contribution in [-0.2, 0) is 23.8 Å². The zero-order valence-electron chi connectivity index (χ0n) is 10.9. The molecule has 0 radical (unpaired) electrons. The third-order valence-corrected chi connectivity index (χ3v) is 2.28. The van der Waals surface area contributed by atoms with Gasteiger partial charge < -0.3 is 19.5 Å². The van der Waals surface area contributed by atoms with Crippen molar-refractivity contribution in [3.05, 3.63) is 12.2 Å². The lowest BCUT2D eigenvalue weighted by Crippen LogP contribution is -2.36. The fraction of sp³-hybridized carbons (Fsp3) is 0.667. The summed E-state index contributed by atoms with van der Waals surface area (Å²) in [6, 6.07) is 0. The Hall–Kier alpha value is -1.40. The zero-order valence-corrected chi connectivity index (χ0v) is 10.9. The predicted molar refractivity (Wildman–Crippen MR) is 63.7 cm³/mol. The Kier molecular flexibility index (Phi) is 4.86. The monoisotopic (exact) mass is 257 g/mol. The second-order valence-corrected chi connectivity index (χ2v) is 4.61. The first kappa shape index (κ1) is 14.7. The number of hydrogen-bond donors (Lipinski definition) is 1. The van der Waals surface area contributed by atoms with Crippen molar-refractivity contribution in [1.29, 1.82) is 0 Å². The predicted octanol–water partition coefficient (Wildman–Crippen LogP) is 0.373. The summed E-state index contributed by atoms with van der Waals surface area (Å²) in [6.45, 7) is 8.99. The number of ether oxygens (including phenoxy) is 3. The van der Waals surface area contributed by atoms with E-state index in [1.54, 1.807) is 0 Å². The number of amides is 1. The summed E-state index contributed by atoms with van der Waals surface area (Å²) in [5.41, 5.74) is 0.261. The van der Waals surface area contributed by atoms with E-state index in [4.69, 9.17) is 14.2 Å². The van der Waals surface area contributed by atoms with Crippen molar-refractivity contribution in [3.63, 3.8) is 0 Å². The highest BCUT2D eigenvalue weighted by atomic mass is 16.7. The second-order valence-electron chi connectivity index (χ2n) is 4.61. The van der Waals surface area contributed by atoms with Crippen LogP contribution >= 0.6 is 0 Å². The van der Waals surface area contributed by atoms with Gasteiger partial charge in [0.1, 0.15) is 6.10 Å². The Morgan fingerprint density at radius 3 is 2.67 bits per heavy atom. The van der Waals surface area contributed by atoms with Crippen molar-refractivity contribution in [2.45, 2.75) is 32.7 Å². The van der Waals surface area contributed by atoms with Gasteiger partial charge in [-0.05, 0) is 20.8 Å². The Morgan fingerprint density at radius 1 is 1.50 bits per heavy atom. The molecule has 1 fully saturated rings. The maximum atomic E-state index is 11.4. The average molecular weight is 257 g/mol. The molecule has 1 N–H and O–H groups in total. The molecule has 0 saturated carbocycles. The van der Waals surface area contributed by atoms with Crippen molar-refractivity contribution < 1.29 is 23.8 Å². The molecular formula is C12H19NO5. The van der Waals surface area contributed by atoms with Gasteiger partial charge in [0.2, 0.25) is 0 Å². The number of nitrogens with one attached hydrogen (secondary N) is 1. The molecule has 1 saturated heterocycles. The van der Waals surface area contributed by atoms with Gasteiger partial charge in [-0.25, -0.2) is 4.79 Å². The Morgan fingerprint density at radius 2 is 2.17 bits per heavy atom. The third kappa shape index (κ3) is 4.85. The minimum absolute atomic E-state index is 0.180. The number of esters is 1. The molecule has 0 aromatic heterocycles. The molecule has 102 valence electrons. The zero-order chi connectivity index (χ0) is 13.8. The summed E-state index contributed by atoms with van der Waals surface area (Å²) in [6.07, 6.45) is -0.180. The molecule has 1 rings (SSSR count). The van der Waals surface area contributed by atoms with Crippen LogP contribution in [0.15, 0.2) is 12.2 Å². The molecule has 1 aliphatic heterocycles. The van der Waals surface area contributed by atoms with E-state index in [9.17, 15) is 9.59 Å². The summed E-state index contributed by atoms with van der Waals surface area (Å²) in [7, 11) is 0. The maximum absolute atomic E-state index is 11.4. The van der Waals surface area contributed by atoms with Crippen LogP contribution in [0.25, 0.3) is 0 Å². The standard InChI is InChI=1S/C12H19NO5/c1-8(2)11(15)16-7-10(14)13-5-9-6-17-12(3,4)18-9/h9H,1,5-7H2,2-4H3,(H,13,14). The molecule has 0 aliphatic carbocycles. The highest BCUT2D eigenvalue weighted by Crippen LogP contribution is 2.21. The van der Waals surface area contributed by atoms with Crippen LogP contribution in [-0.4, -0.2) is 43.5 Å². The molecule has 0 aromatic carbocycles. The van der Waals surface area contributed by atoms with Crippen LogP contribution in [0.3, 0.4) is 0 Å². The lowest BCUT2D eigenvalue weighted by Gasteiger charge is -2.17. The maximum Gasteiger partial charge on any atom is 0.333 e. The van der Waals surface area contributed by atoms with Crippen LogP contribution in [0.5, 0.6) is 0 Å². The molecule has 0 bridgehead atoms. The van der Waals surface area contributed by atoms with Gasteiger partial charge >= 0.3 is 5.97 Å². The largest absolute Gasteiger partial charge is 0.452 e. The van der Waals surface area contributed by atoms with Crippen LogP contribution in [0, 0.1) is 0 Å². The van der Waals surface area contributed by atoms with Crippen molar-refractivity contribution in [1.82, 2.24) is 5.32 Å². The number of carbonyl (C=O) groups excluding carboxylic acids is 2. The second kappa shape index (κ2) is 5.97. The fourth-order valence-electron chi connectivity index (χ4n) is 1.40. The minimum atomic E-state index is -0.609. The van der Waals surface area contributed by atoms with Gasteiger partial charge in [0.05, 0.1) is 6.61 Å². The van der Waals surface area contributed by atoms with Gasteiger partial charge in [0.15, 0.2) is 12.4 Å². The molecule has 1 aliphatic rings. The Bertz CT molecular complexity index is 350. The Labute approximate surface area is 106 Å². The lowest BCUT2D eigenvalue weighted by molar-refractivity contribution is -0.145. The van der Waals surface area contributed by atoms with E-state index in [0.717, 1.165) is 0 Å². The smallest absolute Gasteiger partial charge is 0.333 e. The third-order valence-electron chi connectivity index (χ3n) is 2.28. The number of hydrogen-bond acceptors (Lipinski definition) is 5. The lowest BCUT2D eigenvalue weighted by atomic mass is 10.3. The van der Waals surface area contributed by atoms with Gasteiger partial charge in [-0.15, -0.1) is 0 Å². The topological polar surface area (TPSA) is 73.9 Å². The summed E-state index contributed by atoms with van der Waals surface area (Å²) in [4.78, 5) is 22.4. The van der Waals surface area contributed by atoms with Crippen LogP contribution in [0.1, 0.15) is 20.8 Å². The molecule has 0 spiro atoms. The van der Waals surface area contributed by atoms with E-state index in [-0.39, 0.29) is 24.2 Å². The number of rotatable bonds is 5. The summed E-state index contributed by atoms with van der Waals surface area (Å²) in [5, 5.41) is 2.61. The van der Waals surface area contributed by atoms with E-state index in [2.05, 4.69) is 11.9 Å². The molecule has 6 heteroatoms. The highest BCUT2D eigenvalue weighted by molar-refractivity contribution is 5.89. The van der Waals surface area contributed by atoms with Crippen molar-refractivity contribution in [2.75, 3.05) is 19.8 Å². The summed E-state index contributed by atoms with van der Waals surface area (Å²) >= 11 is 0. The quantitative estimate of drug-likeness (QED) is 0.569. The average Bonchev–Trinajstić information content (AvgIpc) is 2.62.